The third-order valence-corrected chi connectivity index (χ3v) is 3.93. The van der Waals surface area contributed by atoms with Crippen molar-refractivity contribution in [2.75, 3.05) is 7.11 Å². The normalized spacial score (nSPS) is 10.4. The fourth-order valence-electron chi connectivity index (χ4n) is 2.02. The fraction of sp³-hybridized carbons (Fsp3) is 0.294. The molecule has 0 amide bonds. The van der Waals surface area contributed by atoms with Gasteiger partial charge in [0, 0.05) is 5.33 Å². The minimum absolute atomic E-state index is 0.746. The molecule has 2 nitrogen and oxygen atoms in total. The molecule has 0 aliphatic rings. The molecule has 0 N–H and O–H groups in total. The molecule has 20 heavy (non-hydrogen) atoms. The summed E-state index contributed by atoms with van der Waals surface area (Å²) < 4.78 is 11.3. The van der Waals surface area contributed by atoms with Crippen LogP contribution in [-0.2, 0) is 11.8 Å². The van der Waals surface area contributed by atoms with Gasteiger partial charge in [0.15, 0.2) is 11.5 Å². The Balaban J connectivity index is 2.27. The second kappa shape index (κ2) is 6.80. The molecule has 2 aromatic rings. The molecule has 0 aliphatic heterocycles. The number of halogens is 1. The van der Waals surface area contributed by atoms with E-state index in [1.54, 1.807) is 7.11 Å². The van der Waals surface area contributed by atoms with Gasteiger partial charge >= 0.3 is 0 Å². The Morgan fingerprint density at radius 2 is 1.85 bits per heavy atom. The minimum Gasteiger partial charge on any atom is -0.493 e. The van der Waals surface area contributed by atoms with Crippen LogP contribution in [0.5, 0.6) is 17.2 Å². The van der Waals surface area contributed by atoms with Crippen LogP contribution < -0.4 is 9.47 Å². The van der Waals surface area contributed by atoms with Gasteiger partial charge in [0.1, 0.15) is 5.75 Å². The van der Waals surface area contributed by atoms with Crippen molar-refractivity contribution >= 4 is 15.9 Å². The summed E-state index contributed by atoms with van der Waals surface area (Å²) in [4.78, 5) is 0. The third kappa shape index (κ3) is 3.34. The lowest BCUT2D eigenvalue weighted by Crippen LogP contribution is -1.93. The van der Waals surface area contributed by atoms with E-state index in [2.05, 4.69) is 41.9 Å². The van der Waals surface area contributed by atoms with Crippen molar-refractivity contribution in [1.29, 1.82) is 0 Å². The zero-order valence-electron chi connectivity index (χ0n) is 12.1. The van der Waals surface area contributed by atoms with E-state index in [1.165, 1.54) is 16.7 Å². The number of hydrogen-bond donors (Lipinski definition) is 0. The summed E-state index contributed by atoms with van der Waals surface area (Å²) >= 11 is 3.48. The summed E-state index contributed by atoms with van der Waals surface area (Å²) in [7, 11) is 1.67. The van der Waals surface area contributed by atoms with Gasteiger partial charge in [-0.05, 0) is 54.3 Å². The van der Waals surface area contributed by atoms with Gasteiger partial charge in [-0.1, -0.05) is 35.0 Å². The van der Waals surface area contributed by atoms with Crippen molar-refractivity contribution < 1.29 is 9.47 Å². The average molecular weight is 335 g/mol. The lowest BCUT2D eigenvalue weighted by Gasteiger charge is -2.12. The van der Waals surface area contributed by atoms with E-state index in [0.29, 0.717) is 0 Å². The van der Waals surface area contributed by atoms with Crippen molar-refractivity contribution in [1.82, 2.24) is 0 Å². The van der Waals surface area contributed by atoms with Crippen LogP contribution in [0.3, 0.4) is 0 Å². The monoisotopic (exact) mass is 334 g/mol. The largest absolute Gasteiger partial charge is 0.493 e. The smallest absolute Gasteiger partial charge is 0.169 e. The maximum Gasteiger partial charge on any atom is 0.169 e. The molecule has 0 saturated carbocycles. The number of alkyl halides is 1. The molecule has 0 saturated heterocycles. The first-order valence-electron chi connectivity index (χ1n) is 6.68. The Kier molecular flexibility index (Phi) is 5.07. The van der Waals surface area contributed by atoms with Crippen LogP contribution in [0.15, 0.2) is 36.4 Å². The summed E-state index contributed by atoms with van der Waals surface area (Å²) in [6.07, 6.45) is 0.982. The SMILES string of the molecule is CCc1ccc(Oc2ccc(CBr)c(C)c2)c(OC)c1. The molecule has 2 aromatic carbocycles. The molecule has 0 spiro atoms. The van der Waals surface area contributed by atoms with E-state index in [1.807, 2.05) is 24.3 Å². The first-order valence-corrected chi connectivity index (χ1v) is 7.80. The van der Waals surface area contributed by atoms with Crippen LogP contribution in [0.1, 0.15) is 23.6 Å². The molecule has 0 bridgehead atoms. The van der Waals surface area contributed by atoms with Gasteiger partial charge in [0.2, 0.25) is 0 Å². The second-order valence-electron chi connectivity index (χ2n) is 4.66. The van der Waals surface area contributed by atoms with E-state index in [4.69, 9.17) is 9.47 Å². The third-order valence-electron chi connectivity index (χ3n) is 3.32. The van der Waals surface area contributed by atoms with Gasteiger partial charge in [-0.15, -0.1) is 0 Å². The molecule has 0 radical (unpaired) electrons. The van der Waals surface area contributed by atoms with E-state index in [0.717, 1.165) is 29.0 Å². The maximum atomic E-state index is 5.94. The standard InChI is InChI=1S/C17H19BrO2/c1-4-13-5-8-16(17(10-13)19-3)20-15-7-6-14(11-18)12(2)9-15/h5-10H,4,11H2,1-3H3. The van der Waals surface area contributed by atoms with Crippen molar-refractivity contribution in [3.8, 4) is 17.2 Å². The summed E-state index contributed by atoms with van der Waals surface area (Å²) in [5.41, 5.74) is 3.72. The lowest BCUT2D eigenvalue weighted by molar-refractivity contribution is 0.378. The average Bonchev–Trinajstić information content (AvgIpc) is 2.48. The summed E-state index contributed by atoms with van der Waals surface area (Å²) in [5, 5.41) is 0.855. The van der Waals surface area contributed by atoms with Gasteiger partial charge in [0.25, 0.3) is 0 Å². The van der Waals surface area contributed by atoms with Crippen molar-refractivity contribution in [3.63, 3.8) is 0 Å². The van der Waals surface area contributed by atoms with E-state index < -0.39 is 0 Å². The molecule has 0 aromatic heterocycles. The van der Waals surface area contributed by atoms with Crippen molar-refractivity contribution in [3.05, 3.63) is 53.1 Å². The summed E-state index contributed by atoms with van der Waals surface area (Å²) in [5.74, 6) is 2.34. The highest BCUT2D eigenvalue weighted by Gasteiger charge is 2.07. The van der Waals surface area contributed by atoms with Crippen molar-refractivity contribution in [2.24, 2.45) is 0 Å². The number of ether oxygens (including phenoxy) is 2. The molecule has 3 heteroatoms. The van der Waals surface area contributed by atoms with E-state index >= 15 is 0 Å². The molecular formula is C17H19BrO2. The number of benzene rings is 2. The zero-order chi connectivity index (χ0) is 14.5. The van der Waals surface area contributed by atoms with Gasteiger partial charge in [-0.3, -0.25) is 0 Å². The number of methoxy groups -OCH3 is 1. The molecule has 2 rings (SSSR count). The first kappa shape index (κ1) is 14.9. The molecule has 0 unspecified atom stereocenters. The highest BCUT2D eigenvalue weighted by Crippen LogP contribution is 2.33. The Labute approximate surface area is 128 Å². The Hall–Kier alpha value is -1.48. The Bertz CT molecular complexity index is 594. The van der Waals surface area contributed by atoms with Crippen LogP contribution in [0.4, 0.5) is 0 Å². The number of aryl methyl sites for hydroxylation is 2. The minimum atomic E-state index is 0.746. The van der Waals surface area contributed by atoms with Gasteiger partial charge in [-0.25, -0.2) is 0 Å². The van der Waals surface area contributed by atoms with Crippen LogP contribution >= 0.6 is 15.9 Å². The van der Waals surface area contributed by atoms with Crippen LogP contribution in [0, 0.1) is 6.92 Å². The number of rotatable bonds is 5. The Morgan fingerprint density at radius 1 is 1.05 bits per heavy atom. The van der Waals surface area contributed by atoms with E-state index in [-0.39, 0.29) is 0 Å². The maximum absolute atomic E-state index is 5.94. The van der Waals surface area contributed by atoms with Gasteiger partial charge < -0.3 is 9.47 Å². The molecule has 0 heterocycles. The van der Waals surface area contributed by atoms with Crippen LogP contribution in [0.2, 0.25) is 0 Å². The van der Waals surface area contributed by atoms with E-state index in [9.17, 15) is 0 Å². The zero-order valence-corrected chi connectivity index (χ0v) is 13.7. The van der Waals surface area contributed by atoms with Crippen LogP contribution in [-0.4, -0.2) is 7.11 Å². The van der Waals surface area contributed by atoms with Gasteiger partial charge in [0.05, 0.1) is 7.11 Å². The summed E-state index contributed by atoms with van der Waals surface area (Å²) in [6.45, 7) is 4.21. The lowest BCUT2D eigenvalue weighted by atomic mass is 10.1. The second-order valence-corrected chi connectivity index (χ2v) is 5.22. The quantitative estimate of drug-likeness (QED) is 0.695. The molecule has 0 atom stereocenters. The van der Waals surface area contributed by atoms with Crippen LogP contribution in [0.25, 0.3) is 0 Å². The Morgan fingerprint density at radius 3 is 2.45 bits per heavy atom. The first-order chi connectivity index (χ1) is 9.67. The van der Waals surface area contributed by atoms with Crippen molar-refractivity contribution in [2.45, 2.75) is 25.6 Å². The highest BCUT2D eigenvalue weighted by molar-refractivity contribution is 9.08. The molecule has 0 fully saturated rings. The van der Waals surface area contributed by atoms with Gasteiger partial charge in [-0.2, -0.15) is 0 Å². The summed E-state index contributed by atoms with van der Waals surface area (Å²) in [6, 6.07) is 12.2. The predicted octanol–water partition coefficient (Wildman–Crippen LogP) is 5.25. The molecular weight excluding hydrogens is 316 g/mol. The molecule has 106 valence electrons. The highest BCUT2D eigenvalue weighted by atomic mass is 79.9. The predicted molar refractivity (Wildman–Crippen MR) is 86.3 cm³/mol. The fourth-order valence-corrected chi connectivity index (χ4v) is 2.65. The number of hydrogen-bond acceptors (Lipinski definition) is 2. The topological polar surface area (TPSA) is 18.5 Å². The molecule has 0 aliphatic carbocycles.